The number of alkyl halides is 3. The summed E-state index contributed by atoms with van der Waals surface area (Å²) in [5.41, 5.74) is 2.00. The second kappa shape index (κ2) is 6.10. The molecule has 4 nitrogen and oxygen atoms in total. The van der Waals surface area contributed by atoms with E-state index in [0.29, 0.717) is 10.7 Å². The van der Waals surface area contributed by atoms with Gasteiger partial charge in [-0.15, -0.1) is 0 Å². The van der Waals surface area contributed by atoms with Crippen LogP contribution >= 0.6 is 11.6 Å². The minimum Gasteiger partial charge on any atom is -0.284 e. The molecule has 0 N–H and O–H groups in total. The van der Waals surface area contributed by atoms with Gasteiger partial charge in [0.05, 0.1) is 11.9 Å². The van der Waals surface area contributed by atoms with Crippen molar-refractivity contribution in [3.63, 3.8) is 0 Å². The van der Waals surface area contributed by atoms with Gasteiger partial charge in [-0.3, -0.25) is 9.38 Å². The van der Waals surface area contributed by atoms with Crippen LogP contribution in [0.4, 0.5) is 13.2 Å². The van der Waals surface area contributed by atoms with E-state index in [1.165, 1.54) is 16.8 Å². The van der Waals surface area contributed by atoms with Crippen molar-refractivity contribution in [2.75, 3.05) is 0 Å². The molecule has 0 aliphatic heterocycles. The van der Waals surface area contributed by atoms with Gasteiger partial charge in [-0.2, -0.15) is 13.2 Å². The van der Waals surface area contributed by atoms with Gasteiger partial charge in [-0.1, -0.05) is 23.7 Å². The number of nitrogens with zero attached hydrogens (tertiary/aromatic N) is 4. The molecule has 0 unspecified atom stereocenters. The molecule has 0 bridgehead atoms. The number of benzene rings is 1. The van der Waals surface area contributed by atoms with E-state index in [9.17, 15) is 13.2 Å². The molecule has 0 radical (unpaired) electrons. The number of fused-ring (bicyclic) bond motifs is 1. The van der Waals surface area contributed by atoms with Crippen molar-refractivity contribution in [2.24, 2.45) is 0 Å². The SMILES string of the molecule is FC(F)(F)c1ccn2c(-c3ccc(Cl)c(-c4cccnc4)c3)cnc2n1. The fourth-order valence-electron chi connectivity index (χ4n) is 2.67. The predicted molar refractivity (Wildman–Crippen MR) is 91.7 cm³/mol. The Bertz CT molecular complexity index is 1090. The third-order valence-electron chi connectivity index (χ3n) is 3.90. The van der Waals surface area contributed by atoms with E-state index in [1.807, 2.05) is 12.1 Å². The summed E-state index contributed by atoms with van der Waals surface area (Å²) in [7, 11) is 0. The van der Waals surface area contributed by atoms with Crippen molar-refractivity contribution in [3.8, 4) is 22.4 Å². The van der Waals surface area contributed by atoms with Crippen LogP contribution in [-0.2, 0) is 6.18 Å². The Morgan fingerprint density at radius 1 is 1.00 bits per heavy atom. The van der Waals surface area contributed by atoms with Crippen LogP contribution in [0.3, 0.4) is 0 Å². The highest BCUT2D eigenvalue weighted by atomic mass is 35.5. The fourth-order valence-corrected chi connectivity index (χ4v) is 2.90. The summed E-state index contributed by atoms with van der Waals surface area (Å²) in [6.07, 6.45) is 1.64. The molecular weight excluding hydrogens is 365 g/mol. The first-order valence-electron chi connectivity index (χ1n) is 7.55. The molecule has 3 aromatic heterocycles. The quantitative estimate of drug-likeness (QED) is 0.488. The Balaban J connectivity index is 1.84. The van der Waals surface area contributed by atoms with Crippen LogP contribution in [0.2, 0.25) is 5.02 Å². The van der Waals surface area contributed by atoms with E-state index in [2.05, 4.69) is 15.0 Å². The topological polar surface area (TPSA) is 43.1 Å². The Labute approximate surface area is 150 Å². The van der Waals surface area contributed by atoms with E-state index >= 15 is 0 Å². The van der Waals surface area contributed by atoms with Crippen LogP contribution in [0.15, 0.2) is 61.2 Å². The first-order chi connectivity index (χ1) is 12.4. The summed E-state index contributed by atoms with van der Waals surface area (Å²) in [6.45, 7) is 0. The molecule has 4 rings (SSSR count). The Hall–Kier alpha value is -2.93. The first-order valence-corrected chi connectivity index (χ1v) is 7.93. The zero-order chi connectivity index (χ0) is 18.3. The second-order valence-electron chi connectivity index (χ2n) is 5.56. The predicted octanol–water partition coefficient (Wildman–Crippen LogP) is 5.13. The minimum absolute atomic E-state index is 0.0206. The maximum atomic E-state index is 12.8. The molecule has 0 aliphatic rings. The smallest absolute Gasteiger partial charge is 0.284 e. The highest BCUT2D eigenvalue weighted by molar-refractivity contribution is 6.33. The van der Waals surface area contributed by atoms with Crippen molar-refractivity contribution in [1.82, 2.24) is 19.4 Å². The summed E-state index contributed by atoms with van der Waals surface area (Å²) in [6, 6.07) is 9.97. The van der Waals surface area contributed by atoms with Gasteiger partial charge in [-0.25, -0.2) is 9.97 Å². The van der Waals surface area contributed by atoms with Crippen LogP contribution in [0.25, 0.3) is 28.2 Å². The van der Waals surface area contributed by atoms with E-state index in [4.69, 9.17) is 11.6 Å². The van der Waals surface area contributed by atoms with Crippen LogP contribution < -0.4 is 0 Å². The molecule has 26 heavy (non-hydrogen) atoms. The molecule has 0 aliphatic carbocycles. The molecule has 3 heterocycles. The molecule has 4 aromatic rings. The molecule has 130 valence electrons. The third-order valence-corrected chi connectivity index (χ3v) is 4.23. The molecule has 8 heteroatoms. The lowest BCUT2D eigenvalue weighted by Crippen LogP contribution is -2.09. The molecule has 0 saturated heterocycles. The number of imidazole rings is 1. The zero-order valence-corrected chi connectivity index (χ0v) is 13.8. The van der Waals surface area contributed by atoms with Crippen molar-refractivity contribution < 1.29 is 13.2 Å². The van der Waals surface area contributed by atoms with Gasteiger partial charge in [0, 0.05) is 40.3 Å². The van der Waals surface area contributed by atoms with E-state index < -0.39 is 11.9 Å². The number of hydrogen-bond donors (Lipinski definition) is 0. The van der Waals surface area contributed by atoms with Crippen LogP contribution in [0.1, 0.15) is 5.69 Å². The number of halogens is 4. The first kappa shape index (κ1) is 16.5. The van der Waals surface area contributed by atoms with E-state index in [1.54, 1.807) is 30.6 Å². The fraction of sp³-hybridized carbons (Fsp3) is 0.0556. The van der Waals surface area contributed by atoms with Crippen LogP contribution in [-0.4, -0.2) is 19.4 Å². The monoisotopic (exact) mass is 374 g/mol. The van der Waals surface area contributed by atoms with Gasteiger partial charge in [0.25, 0.3) is 0 Å². The van der Waals surface area contributed by atoms with E-state index in [-0.39, 0.29) is 5.78 Å². The number of pyridine rings is 1. The van der Waals surface area contributed by atoms with E-state index in [0.717, 1.165) is 22.8 Å². The van der Waals surface area contributed by atoms with Gasteiger partial charge in [-0.05, 0) is 24.3 Å². The normalized spacial score (nSPS) is 11.8. The average molecular weight is 375 g/mol. The largest absolute Gasteiger partial charge is 0.433 e. The molecule has 0 fully saturated rings. The summed E-state index contributed by atoms with van der Waals surface area (Å²) >= 11 is 6.29. The van der Waals surface area contributed by atoms with Gasteiger partial charge in [0.15, 0.2) is 0 Å². The van der Waals surface area contributed by atoms with Crippen molar-refractivity contribution in [3.05, 3.63) is 71.9 Å². The Morgan fingerprint density at radius 3 is 2.58 bits per heavy atom. The Morgan fingerprint density at radius 2 is 1.85 bits per heavy atom. The van der Waals surface area contributed by atoms with Crippen molar-refractivity contribution in [1.29, 1.82) is 0 Å². The van der Waals surface area contributed by atoms with Crippen LogP contribution in [0.5, 0.6) is 0 Å². The lowest BCUT2D eigenvalue weighted by molar-refractivity contribution is -0.141. The number of hydrogen-bond acceptors (Lipinski definition) is 3. The molecule has 0 amide bonds. The van der Waals surface area contributed by atoms with Crippen LogP contribution in [0, 0.1) is 0 Å². The number of rotatable bonds is 2. The molecule has 0 saturated carbocycles. The van der Waals surface area contributed by atoms with Gasteiger partial charge in [0.1, 0.15) is 5.69 Å². The lowest BCUT2D eigenvalue weighted by Gasteiger charge is -2.09. The zero-order valence-electron chi connectivity index (χ0n) is 13.1. The molecule has 0 spiro atoms. The van der Waals surface area contributed by atoms with Gasteiger partial charge < -0.3 is 0 Å². The summed E-state index contributed by atoms with van der Waals surface area (Å²) < 4.78 is 39.9. The molecule has 0 atom stereocenters. The number of aromatic nitrogens is 4. The highest BCUT2D eigenvalue weighted by Gasteiger charge is 2.33. The molecule has 1 aromatic carbocycles. The second-order valence-corrected chi connectivity index (χ2v) is 5.97. The summed E-state index contributed by atoms with van der Waals surface area (Å²) in [5.74, 6) is -0.0206. The summed E-state index contributed by atoms with van der Waals surface area (Å²) in [4.78, 5) is 11.7. The van der Waals surface area contributed by atoms with Crippen molar-refractivity contribution in [2.45, 2.75) is 6.18 Å². The third kappa shape index (κ3) is 2.90. The van der Waals surface area contributed by atoms with Gasteiger partial charge >= 0.3 is 6.18 Å². The minimum atomic E-state index is -4.51. The maximum Gasteiger partial charge on any atom is 0.433 e. The van der Waals surface area contributed by atoms with Crippen molar-refractivity contribution >= 4 is 17.4 Å². The lowest BCUT2D eigenvalue weighted by atomic mass is 10.0. The molecular formula is C18H10ClF3N4. The summed E-state index contributed by atoms with van der Waals surface area (Å²) in [5, 5.41) is 0.549. The average Bonchev–Trinajstić information content (AvgIpc) is 3.05. The highest BCUT2D eigenvalue weighted by Crippen LogP contribution is 2.33. The standard InChI is InChI=1S/C18H10ClF3N4/c19-14-4-3-11(8-13(14)12-2-1-6-23-9-12)15-10-24-17-25-16(18(20,21)22)5-7-26(15)17/h1-10H. The maximum absolute atomic E-state index is 12.8. The van der Waals surface area contributed by atoms with Gasteiger partial charge in [0.2, 0.25) is 5.78 Å². The Kier molecular flexibility index (Phi) is 3.88.